The van der Waals surface area contributed by atoms with Crippen molar-refractivity contribution in [2.75, 3.05) is 24.1 Å². The third kappa shape index (κ3) is 3.73. The van der Waals surface area contributed by atoms with Crippen LogP contribution in [0.25, 0.3) is 0 Å². The van der Waals surface area contributed by atoms with Crippen LogP contribution in [0.3, 0.4) is 0 Å². The fraction of sp³-hybridized carbons (Fsp3) is 0.467. The van der Waals surface area contributed by atoms with Crippen LogP contribution in [0.1, 0.15) is 38.1 Å². The second-order valence-corrected chi connectivity index (χ2v) is 4.73. The largest absolute Gasteiger partial charge is 0.398 e. The average Bonchev–Trinajstić information content (AvgIpc) is 2.39. The van der Waals surface area contributed by atoms with Crippen molar-refractivity contribution in [2.45, 2.75) is 33.7 Å². The molecule has 3 N–H and O–H groups in total. The number of rotatable bonds is 6. The Hall–Kier alpha value is -2.04. The van der Waals surface area contributed by atoms with E-state index in [1.807, 2.05) is 20.8 Å². The molecule has 1 amide bonds. The molecule has 0 heterocycles. The normalized spacial score (nSPS) is 11.8. The van der Waals surface area contributed by atoms with E-state index >= 15 is 0 Å². The van der Waals surface area contributed by atoms with Gasteiger partial charge in [0.15, 0.2) is 5.78 Å². The number of carbonyl (C=O) groups excluding carboxylic acids is 2. The first-order valence-corrected chi connectivity index (χ1v) is 6.86. The van der Waals surface area contributed by atoms with Crippen molar-refractivity contribution in [3.05, 3.63) is 23.8 Å². The van der Waals surface area contributed by atoms with Gasteiger partial charge in [0.1, 0.15) is 6.04 Å². The molecule has 0 aromatic heterocycles. The molecule has 1 aromatic carbocycles. The number of benzene rings is 1. The summed E-state index contributed by atoms with van der Waals surface area (Å²) in [7, 11) is 0. The fourth-order valence-corrected chi connectivity index (χ4v) is 2.09. The van der Waals surface area contributed by atoms with Gasteiger partial charge in [-0.3, -0.25) is 9.59 Å². The van der Waals surface area contributed by atoms with Gasteiger partial charge in [-0.2, -0.15) is 0 Å². The molecular weight excluding hydrogens is 254 g/mol. The zero-order valence-electron chi connectivity index (χ0n) is 12.6. The molecule has 20 heavy (non-hydrogen) atoms. The topological polar surface area (TPSA) is 75.4 Å². The van der Waals surface area contributed by atoms with Gasteiger partial charge in [0.2, 0.25) is 5.91 Å². The number of hydrogen-bond acceptors (Lipinski definition) is 4. The van der Waals surface area contributed by atoms with Gasteiger partial charge in [0.25, 0.3) is 0 Å². The van der Waals surface area contributed by atoms with Crippen LogP contribution in [0.15, 0.2) is 18.2 Å². The molecule has 0 fully saturated rings. The summed E-state index contributed by atoms with van der Waals surface area (Å²) < 4.78 is 0. The van der Waals surface area contributed by atoms with E-state index in [4.69, 9.17) is 5.73 Å². The lowest BCUT2D eigenvalue weighted by atomic mass is 10.1. The summed E-state index contributed by atoms with van der Waals surface area (Å²) in [4.78, 5) is 25.2. The van der Waals surface area contributed by atoms with Crippen molar-refractivity contribution < 1.29 is 9.59 Å². The van der Waals surface area contributed by atoms with Gasteiger partial charge in [-0.15, -0.1) is 0 Å². The van der Waals surface area contributed by atoms with Crippen LogP contribution < -0.4 is 11.1 Å². The Morgan fingerprint density at radius 3 is 2.35 bits per heavy atom. The Kier molecular flexibility index (Phi) is 5.55. The molecule has 0 spiro atoms. The molecule has 0 bridgehead atoms. The van der Waals surface area contributed by atoms with Gasteiger partial charge >= 0.3 is 0 Å². The lowest BCUT2D eigenvalue weighted by molar-refractivity contribution is -0.131. The number of Topliss-reactive ketones (excluding diaryl/α,β-unsaturated/α-hetero) is 1. The average molecular weight is 277 g/mol. The number of nitrogens with two attached hydrogens (primary N) is 1. The maximum Gasteiger partial charge on any atom is 0.244 e. The highest BCUT2D eigenvalue weighted by molar-refractivity contribution is 5.99. The Morgan fingerprint density at radius 1 is 1.30 bits per heavy atom. The van der Waals surface area contributed by atoms with Gasteiger partial charge in [0.05, 0.1) is 0 Å². The van der Waals surface area contributed by atoms with E-state index in [1.165, 1.54) is 6.92 Å². The zero-order chi connectivity index (χ0) is 15.3. The molecule has 1 atom stereocenters. The summed E-state index contributed by atoms with van der Waals surface area (Å²) in [6, 6.07) is 4.79. The van der Waals surface area contributed by atoms with Crippen LogP contribution in [0, 0.1) is 0 Å². The van der Waals surface area contributed by atoms with Crippen LogP contribution in [-0.2, 0) is 4.79 Å². The number of likely N-dealkylation sites (N-methyl/N-ethyl adjacent to an activating group) is 1. The summed E-state index contributed by atoms with van der Waals surface area (Å²) >= 11 is 0. The summed E-state index contributed by atoms with van der Waals surface area (Å²) in [5.41, 5.74) is 7.49. The third-order valence-electron chi connectivity index (χ3n) is 3.26. The van der Waals surface area contributed by atoms with Gasteiger partial charge in [-0.05, 0) is 45.9 Å². The number of nitrogens with zero attached hydrogens (tertiary/aromatic N) is 1. The van der Waals surface area contributed by atoms with Crippen molar-refractivity contribution in [1.29, 1.82) is 0 Å². The van der Waals surface area contributed by atoms with E-state index in [9.17, 15) is 9.59 Å². The standard InChI is InChI=1S/C15H23N3O2/c1-5-18(6-2)15(20)10(3)17-12-7-8-13(11(4)19)14(16)9-12/h7-10,17H,5-6,16H2,1-4H3. The minimum atomic E-state index is -0.336. The van der Waals surface area contributed by atoms with Crippen LogP contribution in [0.2, 0.25) is 0 Å². The van der Waals surface area contributed by atoms with Crippen molar-refractivity contribution in [3.63, 3.8) is 0 Å². The molecule has 0 saturated carbocycles. The lowest BCUT2D eigenvalue weighted by Gasteiger charge is -2.24. The Labute approximate surface area is 120 Å². The van der Waals surface area contributed by atoms with Gasteiger partial charge < -0.3 is 16.0 Å². The molecule has 0 aliphatic carbocycles. The molecule has 1 rings (SSSR count). The summed E-state index contributed by atoms with van der Waals surface area (Å²) in [6.45, 7) is 8.57. The Balaban J connectivity index is 2.81. The first-order chi connectivity index (χ1) is 9.40. The second kappa shape index (κ2) is 6.93. The second-order valence-electron chi connectivity index (χ2n) is 4.73. The lowest BCUT2D eigenvalue weighted by Crippen LogP contribution is -2.41. The Morgan fingerprint density at radius 2 is 1.90 bits per heavy atom. The minimum absolute atomic E-state index is 0.0456. The maximum atomic E-state index is 12.1. The predicted molar refractivity (Wildman–Crippen MR) is 81.9 cm³/mol. The van der Waals surface area contributed by atoms with Gasteiger partial charge in [-0.25, -0.2) is 0 Å². The van der Waals surface area contributed by atoms with E-state index in [-0.39, 0.29) is 17.7 Å². The highest BCUT2D eigenvalue weighted by Gasteiger charge is 2.18. The van der Waals surface area contributed by atoms with Crippen LogP contribution >= 0.6 is 0 Å². The smallest absolute Gasteiger partial charge is 0.244 e. The molecule has 0 saturated heterocycles. The van der Waals surface area contributed by atoms with Crippen LogP contribution in [0.5, 0.6) is 0 Å². The van der Waals surface area contributed by atoms with E-state index in [0.717, 1.165) is 5.69 Å². The summed E-state index contributed by atoms with van der Waals surface area (Å²) in [6.07, 6.45) is 0. The summed E-state index contributed by atoms with van der Waals surface area (Å²) in [5.74, 6) is -0.0227. The molecule has 1 aromatic rings. The first kappa shape index (κ1) is 16.0. The molecule has 5 heteroatoms. The van der Waals surface area contributed by atoms with E-state index < -0.39 is 0 Å². The molecular formula is C15H23N3O2. The monoisotopic (exact) mass is 277 g/mol. The fourth-order valence-electron chi connectivity index (χ4n) is 2.09. The SMILES string of the molecule is CCN(CC)C(=O)C(C)Nc1ccc(C(C)=O)c(N)c1. The highest BCUT2D eigenvalue weighted by atomic mass is 16.2. The van der Waals surface area contributed by atoms with E-state index in [1.54, 1.807) is 23.1 Å². The van der Waals surface area contributed by atoms with Crippen LogP contribution in [-0.4, -0.2) is 35.7 Å². The third-order valence-corrected chi connectivity index (χ3v) is 3.26. The van der Waals surface area contributed by atoms with Crippen molar-refractivity contribution in [2.24, 2.45) is 0 Å². The minimum Gasteiger partial charge on any atom is -0.398 e. The molecule has 5 nitrogen and oxygen atoms in total. The zero-order valence-corrected chi connectivity index (χ0v) is 12.6. The molecule has 0 aliphatic heterocycles. The number of carbonyl (C=O) groups is 2. The van der Waals surface area contributed by atoms with Crippen molar-refractivity contribution in [1.82, 2.24) is 4.90 Å². The number of amides is 1. The van der Waals surface area contributed by atoms with Crippen LogP contribution in [0.4, 0.5) is 11.4 Å². The van der Waals surface area contributed by atoms with E-state index in [2.05, 4.69) is 5.32 Å². The molecule has 110 valence electrons. The van der Waals surface area contributed by atoms with E-state index in [0.29, 0.717) is 24.3 Å². The summed E-state index contributed by atoms with van der Waals surface area (Å²) in [5, 5.41) is 3.12. The predicted octanol–water partition coefficient (Wildman–Crippen LogP) is 2.14. The number of nitrogens with one attached hydrogen (secondary N) is 1. The van der Waals surface area contributed by atoms with Crippen molar-refractivity contribution in [3.8, 4) is 0 Å². The maximum absolute atomic E-state index is 12.1. The molecule has 0 aliphatic rings. The number of anilines is 2. The first-order valence-electron chi connectivity index (χ1n) is 6.86. The Bertz CT molecular complexity index is 496. The van der Waals surface area contributed by atoms with Crippen molar-refractivity contribution >= 4 is 23.1 Å². The molecule has 0 radical (unpaired) electrons. The number of hydrogen-bond donors (Lipinski definition) is 2. The number of ketones is 1. The number of nitrogen functional groups attached to an aromatic ring is 1. The quantitative estimate of drug-likeness (QED) is 0.617. The van der Waals surface area contributed by atoms with Gasteiger partial charge in [-0.1, -0.05) is 0 Å². The highest BCUT2D eigenvalue weighted by Crippen LogP contribution is 2.19. The van der Waals surface area contributed by atoms with Gasteiger partial charge in [0, 0.05) is 30.0 Å². The molecule has 1 unspecified atom stereocenters.